The number of carbonyl (C=O) groups excluding carboxylic acids is 1. The van der Waals surface area contributed by atoms with Gasteiger partial charge in [0.2, 0.25) is 0 Å². The molecule has 7 nitrogen and oxygen atoms in total. The summed E-state index contributed by atoms with van der Waals surface area (Å²) in [6.07, 6.45) is -7.14. The van der Waals surface area contributed by atoms with E-state index in [1.807, 2.05) is 0 Å². The van der Waals surface area contributed by atoms with Gasteiger partial charge in [0.1, 0.15) is 6.10 Å². The van der Waals surface area contributed by atoms with Crippen LogP contribution in [0.3, 0.4) is 0 Å². The van der Waals surface area contributed by atoms with Crippen LogP contribution in [0.1, 0.15) is 0 Å². The number of aliphatic hydroxyl groups excluding tert-OH is 3. The molecule has 0 bridgehead atoms. The van der Waals surface area contributed by atoms with Crippen molar-refractivity contribution in [3.05, 3.63) is 0 Å². The molecular weight excluding hydrogens is 184 g/mol. The van der Waals surface area contributed by atoms with Crippen LogP contribution < -0.4 is 0 Å². The highest BCUT2D eigenvalue weighted by Gasteiger charge is 2.48. The molecule has 7 heteroatoms. The summed E-state index contributed by atoms with van der Waals surface area (Å²) in [7, 11) is 0. The second-order valence-electron chi connectivity index (χ2n) is 2.62. The quantitative estimate of drug-likeness (QED) is 0.345. The van der Waals surface area contributed by atoms with Gasteiger partial charge in [-0.05, 0) is 0 Å². The van der Waals surface area contributed by atoms with E-state index in [4.69, 9.17) is 20.4 Å². The van der Waals surface area contributed by atoms with E-state index in [1.54, 1.807) is 0 Å². The van der Waals surface area contributed by atoms with Crippen molar-refractivity contribution in [2.75, 3.05) is 0 Å². The Labute approximate surface area is 72.2 Å². The molecule has 0 unspecified atom stereocenters. The lowest BCUT2D eigenvalue weighted by molar-refractivity contribution is -0.161. The molecule has 1 rings (SSSR count). The van der Waals surface area contributed by atoms with E-state index in [-0.39, 0.29) is 0 Å². The lowest BCUT2D eigenvalue weighted by Crippen LogP contribution is -2.42. The van der Waals surface area contributed by atoms with Crippen LogP contribution in [0.2, 0.25) is 0 Å². The molecule has 0 spiro atoms. The molecule has 0 aromatic rings. The van der Waals surface area contributed by atoms with Crippen molar-refractivity contribution >= 4 is 11.9 Å². The zero-order chi connectivity index (χ0) is 10.2. The van der Waals surface area contributed by atoms with E-state index in [1.165, 1.54) is 0 Å². The second-order valence-corrected chi connectivity index (χ2v) is 2.62. The zero-order valence-electron chi connectivity index (χ0n) is 6.32. The fourth-order valence-electron chi connectivity index (χ4n) is 0.984. The lowest BCUT2D eigenvalue weighted by Gasteiger charge is -2.15. The molecule has 1 heterocycles. The van der Waals surface area contributed by atoms with Gasteiger partial charge in [-0.15, -0.1) is 0 Å². The number of hydrogen-bond donors (Lipinski definition) is 4. The Kier molecular flexibility index (Phi) is 2.50. The maximum Gasteiger partial charge on any atom is 0.338 e. The molecule has 1 saturated heterocycles. The van der Waals surface area contributed by atoms with Gasteiger partial charge < -0.3 is 25.2 Å². The first kappa shape index (κ1) is 9.90. The average molecular weight is 192 g/mol. The third kappa shape index (κ3) is 1.62. The minimum atomic E-state index is -2.03. The number of ether oxygens (including phenoxy) is 1. The number of carbonyl (C=O) groups is 2. The van der Waals surface area contributed by atoms with Crippen molar-refractivity contribution < 1.29 is 34.8 Å². The van der Waals surface area contributed by atoms with Crippen LogP contribution in [0.4, 0.5) is 0 Å². The van der Waals surface area contributed by atoms with Gasteiger partial charge in [-0.3, -0.25) is 0 Å². The molecule has 4 N–H and O–H groups in total. The number of carboxylic acid groups (broad SMARTS) is 1. The highest BCUT2D eigenvalue weighted by molar-refractivity contribution is 5.80. The Balaban J connectivity index is 2.73. The van der Waals surface area contributed by atoms with Gasteiger partial charge in [0, 0.05) is 0 Å². The summed E-state index contributed by atoms with van der Waals surface area (Å²) >= 11 is 0. The maximum atomic E-state index is 10.6. The monoisotopic (exact) mass is 192 g/mol. The molecule has 0 aromatic carbocycles. The predicted molar refractivity (Wildman–Crippen MR) is 35.5 cm³/mol. The van der Waals surface area contributed by atoms with Crippen molar-refractivity contribution in [1.82, 2.24) is 0 Å². The van der Waals surface area contributed by atoms with Gasteiger partial charge in [-0.1, -0.05) is 0 Å². The highest BCUT2D eigenvalue weighted by atomic mass is 16.6. The van der Waals surface area contributed by atoms with Gasteiger partial charge in [0.15, 0.2) is 18.3 Å². The first-order valence-electron chi connectivity index (χ1n) is 3.42. The molecule has 74 valence electrons. The van der Waals surface area contributed by atoms with Crippen molar-refractivity contribution in [3.63, 3.8) is 0 Å². The Bertz CT molecular complexity index is 237. The number of hydrogen-bond acceptors (Lipinski definition) is 6. The lowest BCUT2D eigenvalue weighted by atomic mass is 10.1. The van der Waals surface area contributed by atoms with Crippen LogP contribution in [0.25, 0.3) is 0 Å². The smallest absolute Gasteiger partial charge is 0.338 e. The molecule has 0 aromatic heterocycles. The summed E-state index contributed by atoms with van der Waals surface area (Å²) in [6.45, 7) is 0. The molecule has 0 saturated carbocycles. The molecule has 1 fully saturated rings. The van der Waals surface area contributed by atoms with Crippen LogP contribution in [0.5, 0.6) is 0 Å². The third-order valence-corrected chi connectivity index (χ3v) is 1.72. The largest absolute Gasteiger partial charge is 0.479 e. The van der Waals surface area contributed by atoms with Gasteiger partial charge in [-0.25, -0.2) is 9.59 Å². The molecule has 13 heavy (non-hydrogen) atoms. The van der Waals surface area contributed by atoms with Crippen LogP contribution in [-0.2, 0) is 14.3 Å². The topological polar surface area (TPSA) is 124 Å². The summed E-state index contributed by atoms with van der Waals surface area (Å²) in [4.78, 5) is 20.8. The van der Waals surface area contributed by atoms with Gasteiger partial charge in [-0.2, -0.15) is 0 Å². The van der Waals surface area contributed by atoms with E-state index in [2.05, 4.69) is 4.74 Å². The molecule has 0 aliphatic carbocycles. The summed E-state index contributed by atoms with van der Waals surface area (Å²) in [5.74, 6) is -2.77. The number of aliphatic carboxylic acids is 1. The van der Waals surface area contributed by atoms with E-state index < -0.39 is 36.4 Å². The molecule has 1 aliphatic heterocycles. The fourth-order valence-corrected chi connectivity index (χ4v) is 0.984. The van der Waals surface area contributed by atoms with Crippen LogP contribution >= 0.6 is 0 Å². The Morgan fingerprint density at radius 3 is 2.31 bits per heavy atom. The second kappa shape index (κ2) is 3.29. The number of aliphatic hydroxyl groups is 3. The van der Waals surface area contributed by atoms with Gasteiger partial charge in [0.25, 0.3) is 0 Å². The van der Waals surface area contributed by atoms with E-state index >= 15 is 0 Å². The maximum absolute atomic E-state index is 10.6. The number of cyclic esters (lactones) is 1. The SMILES string of the molecule is O=C1O[C@H]([C@@H](O)C(=O)O)[C@H](O)[C@H]1O. The Morgan fingerprint density at radius 2 is 2.00 bits per heavy atom. The Hall–Kier alpha value is -1.18. The summed E-state index contributed by atoms with van der Waals surface area (Å²) in [5.41, 5.74) is 0. The number of esters is 1. The highest BCUT2D eigenvalue weighted by Crippen LogP contribution is 2.18. The van der Waals surface area contributed by atoms with Crippen molar-refractivity contribution in [2.24, 2.45) is 0 Å². The first-order chi connectivity index (χ1) is 5.95. The number of carboxylic acids is 1. The molecule has 0 radical (unpaired) electrons. The Morgan fingerprint density at radius 1 is 1.46 bits per heavy atom. The van der Waals surface area contributed by atoms with E-state index in [0.717, 1.165) is 0 Å². The molecule has 4 atom stereocenters. The first-order valence-corrected chi connectivity index (χ1v) is 3.42. The number of rotatable bonds is 2. The minimum absolute atomic E-state index is 1.14. The van der Waals surface area contributed by atoms with Crippen molar-refractivity contribution in [3.8, 4) is 0 Å². The van der Waals surface area contributed by atoms with Crippen molar-refractivity contribution in [1.29, 1.82) is 0 Å². The molecule has 1 aliphatic rings. The summed E-state index contributed by atoms with van der Waals surface area (Å²) < 4.78 is 4.24. The van der Waals surface area contributed by atoms with Crippen LogP contribution in [0.15, 0.2) is 0 Å². The summed E-state index contributed by atoms with van der Waals surface area (Å²) in [5, 5.41) is 35.0. The third-order valence-electron chi connectivity index (χ3n) is 1.72. The zero-order valence-corrected chi connectivity index (χ0v) is 6.32. The standard InChI is InChI=1S/C6H8O7/c7-1-2(8)6(12)13-4(1)3(9)5(10)11/h1-4,7-9H,(H,10,11)/t1-,2-,3-,4+/m1/s1. The predicted octanol–water partition coefficient (Wildman–Crippen LogP) is -2.92. The van der Waals surface area contributed by atoms with Crippen LogP contribution in [0, 0.1) is 0 Å². The van der Waals surface area contributed by atoms with Gasteiger partial charge >= 0.3 is 11.9 Å². The van der Waals surface area contributed by atoms with E-state index in [0.29, 0.717) is 0 Å². The minimum Gasteiger partial charge on any atom is -0.479 e. The van der Waals surface area contributed by atoms with E-state index in [9.17, 15) is 9.59 Å². The average Bonchev–Trinajstić information content (AvgIpc) is 2.31. The van der Waals surface area contributed by atoms with Crippen LogP contribution in [-0.4, -0.2) is 56.8 Å². The summed E-state index contributed by atoms with van der Waals surface area (Å²) in [6, 6.07) is 0. The van der Waals surface area contributed by atoms with Gasteiger partial charge in [0.05, 0.1) is 0 Å². The molecular formula is C6H8O7. The normalized spacial score (nSPS) is 35.6. The van der Waals surface area contributed by atoms with Crippen molar-refractivity contribution in [2.45, 2.75) is 24.4 Å². The fraction of sp³-hybridized carbons (Fsp3) is 0.667. The molecule has 0 amide bonds.